The Morgan fingerprint density at radius 3 is 0.880 bits per heavy atom. The molecule has 0 saturated carbocycles. The molecule has 7 aliphatic rings. The Bertz CT molecular complexity index is 3940. The molecule has 6 nitrogen and oxygen atoms in total. The van der Waals surface area contributed by atoms with Gasteiger partial charge in [0.25, 0.3) is 0 Å². The molecule has 9 heterocycles. The Hall–Kier alpha value is -10.2. The third kappa shape index (κ3) is 7.89. The molecular formula is C69H46N6. The number of rotatable bonds is 5. The highest BCUT2D eigenvalue weighted by Crippen LogP contribution is 2.43. The van der Waals surface area contributed by atoms with Gasteiger partial charge in [0.1, 0.15) is 0 Å². The lowest BCUT2D eigenvalue weighted by Crippen LogP contribution is -2.15. The monoisotopic (exact) mass is 958 g/mol. The summed E-state index contributed by atoms with van der Waals surface area (Å²) in [5.41, 5.74) is 19.4. The van der Waals surface area contributed by atoms with Crippen molar-refractivity contribution in [3.63, 3.8) is 0 Å². The predicted molar refractivity (Wildman–Crippen MR) is 310 cm³/mol. The number of anilines is 6. The summed E-state index contributed by atoms with van der Waals surface area (Å²) in [4.78, 5) is 20.0. The zero-order valence-corrected chi connectivity index (χ0v) is 40.7. The van der Waals surface area contributed by atoms with E-state index in [4.69, 9.17) is 15.0 Å². The fraction of sp³-hybridized carbons (Fsp3) is 0. The van der Waals surface area contributed by atoms with E-state index >= 15 is 0 Å². The molecular weight excluding hydrogens is 913 g/mol. The first kappa shape index (κ1) is 43.6. The lowest BCUT2D eigenvalue weighted by Gasteiger charge is -2.27. The van der Waals surface area contributed by atoms with Crippen LogP contribution in [-0.2, 0) is 0 Å². The molecule has 0 radical (unpaired) electrons. The molecule has 2 aromatic heterocycles. The Kier molecular flexibility index (Phi) is 10.7. The zero-order chi connectivity index (χ0) is 49.7. The number of hydrogen-bond acceptors (Lipinski definition) is 5. The molecule has 13 aromatic rings. The Labute approximate surface area is 435 Å². The number of aromatic nitrogens is 4. The Morgan fingerprint density at radius 2 is 0.507 bits per heavy atom. The SMILES string of the molecule is c1ccc(-c2nc(-c3ccccc3)nc(N3c4ccc(cc4)-c4ccccc4-c4ccc(cc4)N(c4ccc(-n5c6ccccc6c6ccccc65)cc4)c4ccc(cc4)-c4ccccc4-c4ccc3cc4)n2)cc1. The van der Waals surface area contributed by atoms with Gasteiger partial charge in [-0.1, -0.05) is 194 Å². The van der Waals surface area contributed by atoms with Crippen LogP contribution in [0.15, 0.2) is 279 Å². The Balaban J connectivity index is 0.916. The maximum absolute atomic E-state index is 5.22. The van der Waals surface area contributed by atoms with Crippen LogP contribution in [0, 0.1) is 0 Å². The first-order valence-corrected chi connectivity index (χ1v) is 25.3. The van der Waals surface area contributed by atoms with Crippen LogP contribution < -0.4 is 9.80 Å². The standard InChI is InChI=1S/C69H46N6/c1-3-15-51(16-4-1)67-70-68(52-17-5-2-6-18-52)72-69(71-67)74-56-39-31-49(32-40-56)61-21-9-7-19-59(61)47-27-35-53(36-28-47)73(54-37-29-48(30-38-54)60-20-8-10-22-62(60)50-33-41-57(74)42-34-50)55-43-45-58(46-44-55)75-65-25-13-11-23-63(65)64-24-12-14-26-66(64)75/h1-46H. The smallest absolute Gasteiger partial charge is 0.238 e. The fourth-order valence-electron chi connectivity index (χ4n) is 10.8. The second kappa shape index (κ2) is 18.5. The molecule has 6 heteroatoms. The van der Waals surface area contributed by atoms with Crippen molar-refractivity contribution >= 4 is 56.2 Å². The van der Waals surface area contributed by atoms with E-state index in [1.54, 1.807) is 0 Å². The van der Waals surface area contributed by atoms with Crippen molar-refractivity contribution in [2.45, 2.75) is 0 Å². The maximum Gasteiger partial charge on any atom is 0.238 e. The third-order valence-corrected chi connectivity index (χ3v) is 14.4. The third-order valence-electron chi connectivity index (χ3n) is 14.4. The summed E-state index contributed by atoms with van der Waals surface area (Å²) in [6, 6.07) is 99.4. The minimum absolute atomic E-state index is 0.520. The van der Waals surface area contributed by atoms with E-state index in [0.717, 1.165) is 89.8 Å². The van der Waals surface area contributed by atoms with Crippen molar-refractivity contribution in [3.8, 4) is 73.0 Å². The van der Waals surface area contributed by atoms with Gasteiger partial charge >= 0.3 is 0 Å². The maximum atomic E-state index is 5.22. The highest BCUT2D eigenvalue weighted by Gasteiger charge is 2.22. The Morgan fingerprint density at radius 1 is 0.213 bits per heavy atom. The second-order valence-corrected chi connectivity index (χ2v) is 18.9. The van der Waals surface area contributed by atoms with Gasteiger partial charge in [-0.2, -0.15) is 9.97 Å². The van der Waals surface area contributed by atoms with E-state index in [1.807, 2.05) is 60.7 Å². The van der Waals surface area contributed by atoms with E-state index in [0.29, 0.717) is 17.6 Å². The predicted octanol–water partition coefficient (Wildman–Crippen LogP) is 18.2. The van der Waals surface area contributed by atoms with E-state index < -0.39 is 0 Å². The van der Waals surface area contributed by atoms with Gasteiger partial charge < -0.3 is 9.47 Å². The molecule has 352 valence electrons. The van der Waals surface area contributed by atoms with Gasteiger partial charge in [0.2, 0.25) is 5.95 Å². The van der Waals surface area contributed by atoms with Crippen LogP contribution in [-0.4, -0.2) is 19.5 Å². The van der Waals surface area contributed by atoms with Gasteiger partial charge in [-0.15, -0.1) is 0 Å². The van der Waals surface area contributed by atoms with Crippen molar-refractivity contribution in [3.05, 3.63) is 279 Å². The second-order valence-electron chi connectivity index (χ2n) is 18.9. The number of para-hydroxylation sites is 2. The largest absolute Gasteiger partial charge is 0.311 e. The van der Waals surface area contributed by atoms with Crippen LogP contribution in [0.2, 0.25) is 0 Å². The molecule has 8 bridgehead atoms. The molecule has 0 aliphatic carbocycles. The summed E-state index contributed by atoms with van der Waals surface area (Å²) in [7, 11) is 0. The molecule has 0 atom stereocenters. The van der Waals surface area contributed by atoms with Gasteiger partial charge in [-0.05, 0) is 129 Å². The summed E-state index contributed by atoms with van der Waals surface area (Å²) in [6.45, 7) is 0. The van der Waals surface area contributed by atoms with Crippen LogP contribution in [0.25, 0.3) is 94.8 Å². The molecule has 0 unspecified atom stereocenters. The zero-order valence-electron chi connectivity index (χ0n) is 40.7. The summed E-state index contributed by atoms with van der Waals surface area (Å²) >= 11 is 0. The molecule has 0 saturated heterocycles. The average Bonchev–Trinajstić information content (AvgIpc) is 3.83. The molecule has 75 heavy (non-hydrogen) atoms. The minimum atomic E-state index is 0.520. The van der Waals surface area contributed by atoms with Crippen molar-refractivity contribution in [2.75, 3.05) is 9.80 Å². The van der Waals surface area contributed by atoms with Crippen LogP contribution in [0.5, 0.6) is 0 Å². The van der Waals surface area contributed by atoms with E-state index in [2.05, 4.69) is 233 Å². The minimum Gasteiger partial charge on any atom is -0.311 e. The lowest BCUT2D eigenvalue weighted by molar-refractivity contribution is 1.02. The molecule has 0 N–H and O–H groups in total. The van der Waals surface area contributed by atoms with E-state index in [9.17, 15) is 0 Å². The summed E-state index contributed by atoms with van der Waals surface area (Å²) in [5.74, 6) is 1.72. The quantitative estimate of drug-likeness (QED) is 0.172. The van der Waals surface area contributed by atoms with Gasteiger partial charge in [-0.25, -0.2) is 4.98 Å². The summed E-state index contributed by atoms with van der Waals surface area (Å²) in [6.07, 6.45) is 0. The molecule has 0 fully saturated rings. The number of fused-ring (bicyclic) bond motifs is 3. The van der Waals surface area contributed by atoms with Crippen LogP contribution >= 0.6 is 0 Å². The first-order valence-electron chi connectivity index (χ1n) is 25.3. The fourth-order valence-corrected chi connectivity index (χ4v) is 10.8. The van der Waals surface area contributed by atoms with Crippen LogP contribution in [0.4, 0.5) is 34.4 Å². The van der Waals surface area contributed by atoms with Crippen LogP contribution in [0.3, 0.4) is 0 Å². The highest BCUT2D eigenvalue weighted by atomic mass is 15.3. The van der Waals surface area contributed by atoms with Gasteiger partial charge in [0.15, 0.2) is 11.6 Å². The molecule has 20 rings (SSSR count). The number of nitrogens with zero attached hydrogens (tertiary/aromatic N) is 6. The van der Waals surface area contributed by atoms with Crippen molar-refractivity contribution < 1.29 is 0 Å². The molecule has 0 spiro atoms. The van der Waals surface area contributed by atoms with Gasteiger partial charge in [0, 0.05) is 56.0 Å². The molecule has 7 aliphatic heterocycles. The topological polar surface area (TPSA) is 50.1 Å². The van der Waals surface area contributed by atoms with E-state index in [1.165, 1.54) is 21.8 Å². The average molecular weight is 959 g/mol. The first-order chi connectivity index (χ1) is 37.2. The molecule has 0 amide bonds. The van der Waals surface area contributed by atoms with Crippen molar-refractivity contribution in [1.82, 2.24) is 19.5 Å². The van der Waals surface area contributed by atoms with E-state index in [-0.39, 0.29) is 0 Å². The highest BCUT2D eigenvalue weighted by molar-refractivity contribution is 6.09. The summed E-state index contributed by atoms with van der Waals surface area (Å²) in [5, 5.41) is 2.50. The van der Waals surface area contributed by atoms with Crippen molar-refractivity contribution in [1.29, 1.82) is 0 Å². The summed E-state index contributed by atoms with van der Waals surface area (Å²) < 4.78 is 2.37. The van der Waals surface area contributed by atoms with Crippen molar-refractivity contribution in [2.24, 2.45) is 0 Å². The van der Waals surface area contributed by atoms with Crippen LogP contribution in [0.1, 0.15) is 0 Å². The lowest BCUT2D eigenvalue weighted by atomic mass is 9.93. The van der Waals surface area contributed by atoms with Gasteiger partial charge in [-0.3, -0.25) is 4.90 Å². The number of hydrogen-bond donors (Lipinski definition) is 0. The van der Waals surface area contributed by atoms with Gasteiger partial charge in [0.05, 0.1) is 11.0 Å². The molecule has 11 aromatic carbocycles. The number of benzene rings is 11. The normalized spacial score (nSPS) is 11.9.